The van der Waals surface area contributed by atoms with Gasteiger partial charge in [-0.05, 0) is 6.07 Å². The molecule has 0 amide bonds. The molecular formula is C12H16N2O3. The Kier molecular flexibility index (Phi) is 4.78. The Morgan fingerprint density at radius 2 is 2.06 bits per heavy atom. The Morgan fingerprint density at radius 3 is 2.65 bits per heavy atom. The van der Waals surface area contributed by atoms with Gasteiger partial charge in [0.05, 0.1) is 10.5 Å². The molecule has 0 aliphatic rings. The van der Waals surface area contributed by atoms with Crippen molar-refractivity contribution in [3.05, 3.63) is 39.9 Å². The minimum atomic E-state index is -0.525. The van der Waals surface area contributed by atoms with E-state index >= 15 is 0 Å². The average molecular weight is 236 g/mol. The van der Waals surface area contributed by atoms with Gasteiger partial charge in [0.1, 0.15) is 0 Å². The zero-order chi connectivity index (χ0) is 12.8. The summed E-state index contributed by atoms with van der Waals surface area (Å²) in [5, 5.41) is 13.9. The standard InChI is InChI=1S/C12H16N2O3/c1-9(2)13-8-7-12(15)10-5-3-4-6-11(10)14(16)17/h3-6,9,13H,7-8H2,1-2H3. The number of para-hydroxylation sites is 1. The molecule has 0 aliphatic carbocycles. The topological polar surface area (TPSA) is 72.2 Å². The fourth-order valence-corrected chi connectivity index (χ4v) is 1.48. The number of benzene rings is 1. The fraction of sp³-hybridized carbons (Fsp3) is 0.417. The lowest BCUT2D eigenvalue weighted by Crippen LogP contribution is -2.25. The minimum absolute atomic E-state index is 0.123. The molecule has 5 heteroatoms. The van der Waals surface area contributed by atoms with Gasteiger partial charge in [0.2, 0.25) is 0 Å². The third-order valence-electron chi connectivity index (χ3n) is 2.31. The van der Waals surface area contributed by atoms with Crippen LogP contribution >= 0.6 is 0 Å². The van der Waals surface area contributed by atoms with Gasteiger partial charge in [-0.15, -0.1) is 0 Å². The molecule has 0 aliphatic heterocycles. The molecule has 0 spiro atoms. The van der Waals surface area contributed by atoms with Crippen LogP contribution in [0.3, 0.4) is 0 Å². The van der Waals surface area contributed by atoms with E-state index in [1.807, 2.05) is 13.8 Å². The molecule has 1 N–H and O–H groups in total. The van der Waals surface area contributed by atoms with Crippen molar-refractivity contribution in [2.45, 2.75) is 26.3 Å². The zero-order valence-electron chi connectivity index (χ0n) is 9.97. The number of nitro benzene ring substituents is 1. The number of hydrogen-bond acceptors (Lipinski definition) is 4. The Balaban J connectivity index is 2.72. The van der Waals surface area contributed by atoms with E-state index in [0.29, 0.717) is 12.6 Å². The molecule has 5 nitrogen and oxygen atoms in total. The summed E-state index contributed by atoms with van der Waals surface area (Å²) in [5.41, 5.74) is 0.0603. The van der Waals surface area contributed by atoms with Gasteiger partial charge in [0.25, 0.3) is 5.69 Å². The minimum Gasteiger partial charge on any atom is -0.314 e. The average Bonchev–Trinajstić information content (AvgIpc) is 2.28. The van der Waals surface area contributed by atoms with Crippen molar-refractivity contribution in [3.63, 3.8) is 0 Å². The summed E-state index contributed by atoms with van der Waals surface area (Å²) < 4.78 is 0. The van der Waals surface area contributed by atoms with Gasteiger partial charge in [-0.25, -0.2) is 0 Å². The molecule has 1 aromatic carbocycles. The third-order valence-corrected chi connectivity index (χ3v) is 2.31. The number of nitrogens with one attached hydrogen (secondary N) is 1. The number of nitro groups is 1. The molecule has 0 heterocycles. The summed E-state index contributed by atoms with van der Waals surface area (Å²) in [4.78, 5) is 22.0. The molecule has 0 saturated heterocycles. The highest BCUT2D eigenvalue weighted by molar-refractivity contribution is 5.99. The second-order valence-electron chi connectivity index (χ2n) is 4.06. The summed E-state index contributed by atoms with van der Waals surface area (Å²) in [7, 11) is 0. The van der Waals surface area contributed by atoms with Crippen LogP contribution in [0, 0.1) is 10.1 Å². The molecular weight excluding hydrogens is 220 g/mol. The maximum absolute atomic E-state index is 11.8. The van der Waals surface area contributed by atoms with E-state index in [4.69, 9.17) is 0 Å². The largest absolute Gasteiger partial charge is 0.314 e. The summed E-state index contributed by atoms with van der Waals surface area (Å²) in [6.45, 7) is 4.49. The van der Waals surface area contributed by atoms with E-state index in [1.165, 1.54) is 12.1 Å². The van der Waals surface area contributed by atoms with Gasteiger partial charge >= 0.3 is 0 Å². The quantitative estimate of drug-likeness (QED) is 0.466. The van der Waals surface area contributed by atoms with Crippen molar-refractivity contribution in [2.24, 2.45) is 0 Å². The lowest BCUT2D eigenvalue weighted by Gasteiger charge is -2.07. The maximum atomic E-state index is 11.8. The van der Waals surface area contributed by atoms with Gasteiger partial charge in [-0.3, -0.25) is 14.9 Å². The number of ketones is 1. The highest BCUT2D eigenvalue weighted by atomic mass is 16.6. The van der Waals surface area contributed by atoms with Crippen LogP contribution in [0.25, 0.3) is 0 Å². The van der Waals surface area contributed by atoms with Crippen molar-refractivity contribution in [1.29, 1.82) is 0 Å². The summed E-state index contributed by atoms with van der Waals surface area (Å²) >= 11 is 0. The smallest absolute Gasteiger partial charge is 0.280 e. The number of Topliss-reactive ketones (excluding diaryl/α,β-unsaturated/α-hetero) is 1. The molecule has 0 saturated carbocycles. The Morgan fingerprint density at radius 1 is 1.41 bits per heavy atom. The molecule has 0 bridgehead atoms. The normalized spacial score (nSPS) is 10.5. The Labute approximate surface area is 100.0 Å². The SMILES string of the molecule is CC(C)NCCC(=O)c1ccccc1[N+](=O)[O-]. The molecule has 0 unspecified atom stereocenters. The van der Waals surface area contributed by atoms with Crippen LogP contribution in [0.4, 0.5) is 5.69 Å². The molecule has 0 fully saturated rings. The predicted molar refractivity (Wildman–Crippen MR) is 65.2 cm³/mol. The van der Waals surface area contributed by atoms with Crippen LogP contribution in [-0.4, -0.2) is 23.3 Å². The molecule has 17 heavy (non-hydrogen) atoms. The van der Waals surface area contributed by atoms with Crippen molar-refractivity contribution >= 4 is 11.5 Å². The first-order chi connectivity index (χ1) is 8.02. The summed E-state index contributed by atoms with van der Waals surface area (Å²) in [6, 6.07) is 6.34. The van der Waals surface area contributed by atoms with Crippen LogP contribution in [0.2, 0.25) is 0 Å². The number of carbonyl (C=O) groups excluding carboxylic acids is 1. The van der Waals surface area contributed by atoms with Gasteiger partial charge in [-0.2, -0.15) is 0 Å². The van der Waals surface area contributed by atoms with Crippen molar-refractivity contribution < 1.29 is 9.72 Å². The van der Waals surface area contributed by atoms with E-state index in [2.05, 4.69) is 5.32 Å². The van der Waals surface area contributed by atoms with E-state index < -0.39 is 4.92 Å². The van der Waals surface area contributed by atoms with Gasteiger partial charge < -0.3 is 5.32 Å². The zero-order valence-corrected chi connectivity index (χ0v) is 9.97. The maximum Gasteiger partial charge on any atom is 0.280 e. The highest BCUT2D eigenvalue weighted by Gasteiger charge is 2.18. The van der Waals surface area contributed by atoms with Gasteiger partial charge in [-0.1, -0.05) is 26.0 Å². The van der Waals surface area contributed by atoms with Crippen LogP contribution in [-0.2, 0) is 0 Å². The molecule has 1 rings (SSSR count). The van der Waals surface area contributed by atoms with Crippen LogP contribution in [0.15, 0.2) is 24.3 Å². The van der Waals surface area contributed by atoms with E-state index in [1.54, 1.807) is 12.1 Å². The lowest BCUT2D eigenvalue weighted by molar-refractivity contribution is -0.385. The van der Waals surface area contributed by atoms with Gasteiger partial charge in [0.15, 0.2) is 5.78 Å². The van der Waals surface area contributed by atoms with Crippen molar-refractivity contribution in [1.82, 2.24) is 5.32 Å². The monoisotopic (exact) mass is 236 g/mol. The number of hydrogen-bond donors (Lipinski definition) is 1. The molecule has 92 valence electrons. The van der Waals surface area contributed by atoms with Crippen LogP contribution in [0.5, 0.6) is 0 Å². The van der Waals surface area contributed by atoms with Crippen LogP contribution < -0.4 is 5.32 Å². The first-order valence-electron chi connectivity index (χ1n) is 5.52. The Bertz CT molecular complexity index is 416. The van der Waals surface area contributed by atoms with Crippen LogP contribution in [0.1, 0.15) is 30.6 Å². The van der Waals surface area contributed by atoms with E-state index in [9.17, 15) is 14.9 Å². The highest BCUT2D eigenvalue weighted by Crippen LogP contribution is 2.18. The summed E-state index contributed by atoms with van der Waals surface area (Å²) in [6.07, 6.45) is 0.267. The summed E-state index contributed by atoms with van der Waals surface area (Å²) in [5.74, 6) is -0.203. The first-order valence-corrected chi connectivity index (χ1v) is 5.52. The Hall–Kier alpha value is -1.75. The molecule has 0 aromatic heterocycles. The predicted octanol–water partition coefficient (Wildman–Crippen LogP) is 2.17. The second-order valence-corrected chi connectivity index (χ2v) is 4.06. The fourth-order valence-electron chi connectivity index (χ4n) is 1.48. The number of nitrogens with zero attached hydrogens (tertiary/aromatic N) is 1. The third kappa shape index (κ3) is 3.96. The van der Waals surface area contributed by atoms with Crippen molar-refractivity contribution in [2.75, 3.05) is 6.54 Å². The second kappa shape index (κ2) is 6.10. The molecule has 0 atom stereocenters. The van der Waals surface area contributed by atoms with E-state index in [-0.39, 0.29) is 23.5 Å². The first kappa shape index (κ1) is 13.3. The lowest BCUT2D eigenvalue weighted by atomic mass is 10.1. The molecule has 1 aromatic rings. The molecule has 0 radical (unpaired) electrons. The van der Waals surface area contributed by atoms with E-state index in [0.717, 1.165) is 0 Å². The van der Waals surface area contributed by atoms with Crippen molar-refractivity contribution in [3.8, 4) is 0 Å². The number of carbonyl (C=O) groups is 1. The van der Waals surface area contributed by atoms with Gasteiger partial charge in [0, 0.05) is 25.1 Å². The number of rotatable bonds is 6.